The van der Waals surface area contributed by atoms with Crippen LogP contribution in [0.2, 0.25) is 0 Å². The van der Waals surface area contributed by atoms with Crippen molar-refractivity contribution in [3.63, 3.8) is 0 Å². The molecule has 2 aromatic rings. The van der Waals surface area contributed by atoms with Crippen LogP contribution in [0, 0.1) is 0 Å². The molecule has 0 unspecified atom stereocenters. The van der Waals surface area contributed by atoms with Crippen LogP contribution < -0.4 is 0 Å². The molecule has 0 bridgehead atoms. The number of nitrogens with zero attached hydrogens (tertiary/aromatic N) is 3. The number of benzene rings is 1. The molecule has 27 heavy (non-hydrogen) atoms. The van der Waals surface area contributed by atoms with E-state index in [1.807, 2.05) is 0 Å². The summed E-state index contributed by atoms with van der Waals surface area (Å²) in [5.41, 5.74) is 0. The number of sulfonamides is 1. The molecule has 146 valence electrons. The van der Waals surface area contributed by atoms with Crippen LogP contribution in [-0.2, 0) is 24.3 Å². The number of fused-ring (bicyclic) bond motifs is 1. The Hall–Kier alpha value is -2.07. The maximum atomic E-state index is 13.3. The number of amides is 1. The van der Waals surface area contributed by atoms with Crippen molar-refractivity contribution in [1.29, 1.82) is 0 Å². The van der Waals surface area contributed by atoms with Gasteiger partial charge in [0, 0.05) is 49.9 Å². The molecule has 0 saturated carbocycles. The van der Waals surface area contributed by atoms with Crippen molar-refractivity contribution < 1.29 is 22.7 Å². The van der Waals surface area contributed by atoms with E-state index in [1.165, 1.54) is 11.4 Å². The summed E-state index contributed by atoms with van der Waals surface area (Å²) in [6, 6.07) is 6.70. The van der Waals surface area contributed by atoms with Gasteiger partial charge in [-0.25, -0.2) is 8.42 Å². The van der Waals surface area contributed by atoms with Crippen LogP contribution in [0.4, 0.5) is 0 Å². The first-order valence-electron chi connectivity index (χ1n) is 8.71. The number of methoxy groups -OCH3 is 1. The molecule has 0 radical (unpaired) electrons. The van der Waals surface area contributed by atoms with Crippen molar-refractivity contribution in [2.24, 2.45) is 0 Å². The van der Waals surface area contributed by atoms with E-state index in [0.717, 1.165) is 5.39 Å². The Bertz CT molecular complexity index is 892. The Morgan fingerprint density at radius 1 is 1.30 bits per heavy atom. The molecule has 0 aliphatic carbocycles. The van der Waals surface area contributed by atoms with Gasteiger partial charge in [0.15, 0.2) is 0 Å². The maximum Gasteiger partial charge on any atom is 0.244 e. The Balaban J connectivity index is 1.91. The van der Waals surface area contributed by atoms with Crippen LogP contribution in [-0.4, -0.2) is 81.6 Å². The standard InChI is InChI=1S/C18H23N3O5S/c1-25-10-9-21(14-18(22)20-7-11-26-12-8-20)27(23,24)17-4-2-3-15-13-19-6-5-16(15)17/h2-6,13H,7-12,14H2,1H3. The minimum atomic E-state index is -3.89. The van der Waals surface area contributed by atoms with E-state index in [-0.39, 0.29) is 30.5 Å². The van der Waals surface area contributed by atoms with Gasteiger partial charge in [0.1, 0.15) is 0 Å². The second kappa shape index (κ2) is 8.75. The summed E-state index contributed by atoms with van der Waals surface area (Å²) in [5, 5.41) is 1.30. The predicted octanol–water partition coefficient (Wildman–Crippen LogP) is 0.731. The summed E-state index contributed by atoms with van der Waals surface area (Å²) < 4.78 is 38.1. The largest absolute Gasteiger partial charge is 0.383 e. The molecular weight excluding hydrogens is 370 g/mol. The predicted molar refractivity (Wildman–Crippen MR) is 99.8 cm³/mol. The molecule has 1 fully saturated rings. The molecular formula is C18H23N3O5S. The van der Waals surface area contributed by atoms with E-state index in [4.69, 9.17) is 9.47 Å². The van der Waals surface area contributed by atoms with E-state index < -0.39 is 10.0 Å². The zero-order valence-electron chi connectivity index (χ0n) is 15.2. The Kier molecular flexibility index (Phi) is 6.38. The van der Waals surface area contributed by atoms with Gasteiger partial charge >= 0.3 is 0 Å². The van der Waals surface area contributed by atoms with Crippen molar-refractivity contribution in [2.45, 2.75) is 4.90 Å². The fraction of sp³-hybridized carbons (Fsp3) is 0.444. The van der Waals surface area contributed by atoms with Crippen LogP contribution in [0.3, 0.4) is 0 Å². The molecule has 2 heterocycles. The van der Waals surface area contributed by atoms with Gasteiger partial charge < -0.3 is 14.4 Å². The molecule has 8 nitrogen and oxygen atoms in total. The van der Waals surface area contributed by atoms with Crippen LogP contribution in [0.1, 0.15) is 0 Å². The first kappa shape index (κ1) is 19.7. The summed E-state index contributed by atoms with van der Waals surface area (Å²) in [7, 11) is -2.39. The van der Waals surface area contributed by atoms with Crippen molar-refractivity contribution in [3.8, 4) is 0 Å². The number of hydrogen-bond acceptors (Lipinski definition) is 6. The highest BCUT2D eigenvalue weighted by Gasteiger charge is 2.30. The summed E-state index contributed by atoms with van der Waals surface area (Å²) in [6.45, 7) is 1.93. The lowest BCUT2D eigenvalue weighted by atomic mass is 10.2. The van der Waals surface area contributed by atoms with Crippen molar-refractivity contribution in [1.82, 2.24) is 14.2 Å². The van der Waals surface area contributed by atoms with Gasteiger partial charge in [-0.2, -0.15) is 4.31 Å². The number of carbonyl (C=O) groups excluding carboxylic acids is 1. The highest BCUT2D eigenvalue weighted by Crippen LogP contribution is 2.25. The van der Waals surface area contributed by atoms with Gasteiger partial charge in [-0.15, -0.1) is 0 Å². The lowest BCUT2D eigenvalue weighted by Crippen LogP contribution is -2.47. The Labute approximate surface area is 158 Å². The Morgan fingerprint density at radius 3 is 2.81 bits per heavy atom. The van der Waals surface area contributed by atoms with E-state index in [9.17, 15) is 13.2 Å². The average molecular weight is 393 g/mol. The topological polar surface area (TPSA) is 89.0 Å². The third kappa shape index (κ3) is 4.44. The minimum absolute atomic E-state index is 0.0936. The van der Waals surface area contributed by atoms with Gasteiger partial charge in [-0.05, 0) is 12.1 Å². The van der Waals surface area contributed by atoms with Gasteiger partial charge in [0.2, 0.25) is 15.9 Å². The fourth-order valence-electron chi connectivity index (χ4n) is 3.00. The van der Waals surface area contributed by atoms with E-state index in [2.05, 4.69) is 4.98 Å². The van der Waals surface area contributed by atoms with Crippen LogP contribution in [0.25, 0.3) is 10.8 Å². The van der Waals surface area contributed by atoms with E-state index in [0.29, 0.717) is 31.7 Å². The molecule has 1 aromatic heterocycles. The fourth-order valence-corrected chi connectivity index (χ4v) is 4.59. The van der Waals surface area contributed by atoms with Gasteiger partial charge in [0.05, 0.1) is 31.3 Å². The number of carbonyl (C=O) groups is 1. The van der Waals surface area contributed by atoms with Gasteiger partial charge in [-0.3, -0.25) is 9.78 Å². The van der Waals surface area contributed by atoms with Crippen LogP contribution >= 0.6 is 0 Å². The first-order chi connectivity index (χ1) is 13.0. The summed E-state index contributed by atoms with van der Waals surface area (Å²) in [6.07, 6.45) is 3.17. The second-order valence-electron chi connectivity index (χ2n) is 6.18. The zero-order chi connectivity index (χ0) is 19.3. The quantitative estimate of drug-likeness (QED) is 0.689. The monoisotopic (exact) mass is 393 g/mol. The van der Waals surface area contributed by atoms with Crippen LogP contribution in [0.15, 0.2) is 41.6 Å². The average Bonchev–Trinajstić information content (AvgIpc) is 2.71. The molecule has 1 aliphatic heterocycles. The zero-order valence-corrected chi connectivity index (χ0v) is 16.0. The van der Waals surface area contributed by atoms with Crippen LogP contribution in [0.5, 0.6) is 0 Å². The lowest BCUT2D eigenvalue weighted by Gasteiger charge is -2.29. The highest BCUT2D eigenvalue weighted by atomic mass is 32.2. The third-order valence-electron chi connectivity index (χ3n) is 4.48. The number of hydrogen-bond donors (Lipinski definition) is 0. The molecule has 1 saturated heterocycles. The Morgan fingerprint density at radius 2 is 2.07 bits per heavy atom. The number of ether oxygens (including phenoxy) is 2. The number of rotatable bonds is 7. The first-order valence-corrected chi connectivity index (χ1v) is 10.2. The molecule has 1 aromatic carbocycles. The molecule has 0 spiro atoms. The number of aromatic nitrogens is 1. The smallest absolute Gasteiger partial charge is 0.244 e. The molecule has 0 N–H and O–H groups in total. The summed E-state index contributed by atoms with van der Waals surface area (Å²) >= 11 is 0. The molecule has 0 atom stereocenters. The van der Waals surface area contributed by atoms with Crippen molar-refractivity contribution in [3.05, 3.63) is 36.7 Å². The third-order valence-corrected chi connectivity index (χ3v) is 6.38. The molecule has 9 heteroatoms. The minimum Gasteiger partial charge on any atom is -0.383 e. The van der Waals surface area contributed by atoms with Crippen molar-refractivity contribution >= 4 is 26.7 Å². The molecule has 1 aliphatic rings. The van der Waals surface area contributed by atoms with Gasteiger partial charge in [-0.1, -0.05) is 12.1 Å². The van der Waals surface area contributed by atoms with E-state index >= 15 is 0 Å². The molecule has 1 amide bonds. The number of pyridine rings is 1. The number of morpholine rings is 1. The normalized spacial score (nSPS) is 15.4. The molecule has 3 rings (SSSR count). The lowest BCUT2D eigenvalue weighted by molar-refractivity contribution is -0.135. The SMILES string of the molecule is COCCN(CC(=O)N1CCOCC1)S(=O)(=O)c1cccc2cnccc12. The van der Waals surface area contributed by atoms with Gasteiger partial charge in [0.25, 0.3) is 0 Å². The summed E-state index contributed by atoms with van der Waals surface area (Å²) in [5.74, 6) is -0.236. The maximum absolute atomic E-state index is 13.3. The summed E-state index contributed by atoms with van der Waals surface area (Å²) in [4.78, 5) is 18.5. The second-order valence-corrected chi connectivity index (χ2v) is 8.08. The van der Waals surface area contributed by atoms with Crippen molar-refractivity contribution in [2.75, 3.05) is 53.1 Å². The van der Waals surface area contributed by atoms with E-state index in [1.54, 1.807) is 41.6 Å². The highest BCUT2D eigenvalue weighted by molar-refractivity contribution is 7.89.